The Morgan fingerprint density at radius 3 is 3.00 bits per heavy atom. The fourth-order valence-electron chi connectivity index (χ4n) is 2.49. The van der Waals surface area contributed by atoms with Crippen molar-refractivity contribution in [1.82, 2.24) is 5.32 Å². The van der Waals surface area contributed by atoms with Crippen LogP contribution in [0.2, 0.25) is 0 Å². The lowest BCUT2D eigenvalue weighted by Crippen LogP contribution is -2.28. The molecule has 4 heteroatoms. The molecule has 0 radical (unpaired) electrons. The Labute approximate surface area is 116 Å². The zero-order valence-electron chi connectivity index (χ0n) is 10.6. The van der Waals surface area contributed by atoms with E-state index >= 15 is 0 Å². The molecule has 1 aromatic rings. The van der Waals surface area contributed by atoms with Crippen LogP contribution in [0.15, 0.2) is 22.7 Å². The number of halogens is 2. The maximum absolute atomic E-state index is 13.2. The number of rotatable bonds is 5. The third-order valence-electron chi connectivity index (χ3n) is 3.41. The highest BCUT2D eigenvalue weighted by Crippen LogP contribution is 2.22. The Morgan fingerprint density at radius 1 is 1.44 bits per heavy atom. The summed E-state index contributed by atoms with van der Waals surface area (Å²) in [4.78, 5) is 0. The molecular weight excluding hydrogens is 297 g/mol. The van der Waals surface area contributed by atoms with Gasteiger partial charge in [-0.3, -0.25) is 0 Å². The van der Waals surface area contributed by atoms with E-state index < -0.39 is 0 Å². The van der Waals surface area contributed by atoms with Gasteiger partial charge in [0.25, 0.3) is 0 Å². The van der Waals surface area contributed by atoms with Crippen LogP contribution in [0.1, 0.15) is 25.3 Å². The van der Waals surface area contributed by atoms with E-state index in [1.807, 2.05) is 6.07 Å². The quantitative estimate of drug-likeness (QED) is 0.898. The van der Waals surface area contributed by atoms with E-state index in [0.29, 0.717) is 18.6 Å². The Hall–Kier alpha value is -0.450. The lowest BCUT2D eigenvalue weighted by Gasteiger charge is -2.17. The topological polar surface area (TPSA) is 21.3 Å². The zero-order chi connectivity index (χ0) is 13.0. The second-order valence-electron chi connectivity index (χ2n) is 4.77. The molecule has 2 nitrogen and oxygen atoms in total. The van der Waals surface area contributed by atoms with E-state index in [9.17, 15) is 4.39 Å². The summed E-state index contributed by atoms with van der Waals surface area (Å²) in [7, 11) is 0. The second kappa shape index (κ2) is 6.64. The highest BCUT2D eigenvalue weighted by molar-refractivity contribution is 9.10. The molecule has 1 N–H and O–H groups in total. The summed E-state index contributed by atoms with van der Waals surface area (Å²) < 4.78 is 19.6. The van der Waals surface area contributed by atoms with Crippen molar-refractivity contribution in [2.45, 2.75) is 32.4 Å². The molecule has 100 valence electrons. The van der Waals surface area contributed by atoms with Crippen LogP contribution in [-0.2, 0) is 11.3 Å². The number of benzene rings is 1. The normalized spacial score (nSPS) is 23.5. The summed E-state index contributed by atoms with van der Waals surface area (Å²) in [5, 5.41) is 3.39. The van der Waals surface area contributed by atoms with Crippen molar-refractivity contribution in [3.05, 3.63) is 34.1 Å². The van der Waals surface area contributed by atoms with Crippen molar-refractivity contribution in [3.63, 3.8) is 0 Å². The first-order chi connectivity index (χ1) is 8.69. The maximum atomic E-state index is 13.2. The predicted octanol–water partition coefficient (Wildman–Crippen LogP) is 3.49. The van der Waals surface area contributed by atoms with Gasteiger partial charge in [-0.05, 0) is 42.5 Å². The van der Waals surface area contributed by atoms with Gasteiger partial charge in [-0.15, -0.1) is 0 Å². The van der Waals surface area contributed by atoms with Gasteiger partial charge < -0.3 is 10.1 Å². The Morgan fingerprint density at radius 2 is 2.28 bits per heavy atom. The Balaban J connectivity index is 1.81. The van der Waals surface area contributed by atoms with Gasteiger partial charge in [0, 0.05) is 24.2 Å². The average Bonchev–Trinajstić information content (AvgIpc) is 2.75. The second-order valence-corrected chi connectivity index (χ2v) is 5.69. The van der Waals surface area contributed by atoms with Gasteiger partial charge in [0.2, 0.25) is 0 Å². The molecule has 2 atom stereocenters. The van der Waals surface area contributed by atoms with Crippen LogP contribution >= 0.6 is 15.9 Å². The van der Waals surface area contributed by atoms with Crippen LogP contribution < -0.4 is 5.32 Å². The molecule has 0 aromatic heterocycles. The first-order valence-electron chi connectivity index (χ1n) is 6.46. The summed E-state index contributed by atoms with van der Waals surface area (Å²) in [5.74, 6) is 0.392. The molecule has 0 bridgehead atoms. The van der Waals surface area contributed by atoms with Gasteiger partial charge in [0.1, 0.15) is 5.82 Å². The number of hydrogen-bond acceptors (Lipinski definition) is 2. The van der Waals surface area contributed by atoms with Crippen molar-refractivity contribution in [3.8, 4) is 0 Å². The molecule has 1 aliphatic heterocycles. The third-order valence-corrected chi connectivity index (χ3v) is 3.86. The largest absolute Gasteiger partial charge is 0.378 e. The van der Waals surface area contributed by atoms with Crippen molar-refractivity contribution in [1.29, 1.82) is 0 Å². The van der Waals surface area contributed by atoms with Crippen molar-refractivity contribution in [2.75, 3.05) is 13.2 Å². The lowest BCUT2D eigenvalue weighted by molar-refractivity contribution is 0.0872. The van der Waals surface area contributed by atoms with Gasteiger partial charge in [-0.2, -0.15) is 0 Å². The van der Waals surface area contributed by atoms with Crippen LogP contribution in [0.5, 0.6) is 0 Å². The SMILES string of the molecule is CCC1OCCC1CNCc1cc(F)cc(Br)c1. The molecule has 0 aliphatic carbocycles. The van der Waals surface area contributed by atoms with E-state index in [-0.39, 0.29) is 5.82 Å². The van der Waals surface area contributed by atoms with Crippen molar-refractivity contribution >= 4 is 15.9 Å². The zero-order valence-corrected chi connectivity index (χ0v) is 12.2. The molecule has 1 aromatic carbocycles. The van der Waals surface area contributed by atoms with Gasteiger partial charge in [-0.25, -0.2) is 4.39 Å². The first-order valence-corrected chi connectivity index (χ1v) is 7.25. The minimum Gasteiger partial charge on any atom is -0.378 e. The maximum Gasteiger partial charge on any atom is 0.124 e. The lowest BCUT2D eigenvalue weighted by atomic mass is 9.99. The smallest absolute Gasteiger partial charge is 0.124 e. The molecule has 18 heavy (non-hydrogen) atoms. The molecule has 0 amide bonds. The van der Waals surface area contributed by atoms with Crippen molar-refractivity contribution < 1.29 is 9.13 Å². The number of nitrogens with one attached hydrogen (secondary N) is 1. The van der Waals surface area contributed by atoms with E-state index in [4.69, 9.17) is 4.74 Å². The van der Waals surface area contributed by atoms with E-state index in [2.05, 4.69) is 28.2 Å². The third kappa shape index (κ3) is 3.77. The van der Waals surface area contributed by atoms with Gasteiger partial charge >= 0.3 is 0 Å². The van der Waals surface area contributed by atoms with Gasteiger partial charge in [-0.1, -0.05) is 22.9 Å². The molecule has 0 spiro atoms. The minimum absolute atomic E-state index is 0.197. The Bertz CT molecular complexity index is 379. The highest BCUT2D eigenvalue weighted by atomic mass is 79.9. The average molecular weight is 316 g/mol. The highest BCUT2D eigenvalue weighted by Gasteiger charge is 2.25. The van der Waals surface area contributed by atoms with Crippen LogP contribution in [0.25, 0.3) is 0 Å². The Kier molecular flexibility index (Phi) is 5.15. The molecule has 1 heterocycles. The first kappa shape index (κ1) is 14.0. The van der Waals surface area contributed by atoms with Gasteiger partial charge in [0.15, 0.2) is 0 Å². The van der Waals surface area contributed by atoms with E-state index in [1.54, 1.807) is 6.07 Å². The number of hydrogen-bond donors (Lipinski definition) is 1. The van der Waals surface area contributed by atoms with E-state index in [1.165, 1.54) is 6.07 Å². The fourth-order valence-corrected chi connectivity index (χ4v) is 3.01. The van der Waals surface area contributed by atoms with Gasteiger partial charge in [0.05, 0.1) is 6.10 Å². The molecule has 1 saturated heterocycles. The molecule has 1 aliphatic rings. The summed E-state index contributed by atoms with van der Waals surface area (Å²) in [6.07, 6.45) is 2.58. The summed E-state index contributed by atoms with van der Waals surface area (Å²) in [5.41, 5.74) is 0.967. The fraction of sp³-hybridized carbons (Fsp3) is 0.571. The van der Waals surface area contributed by atoms with Crippen LogP contribution in [0.3, 0.4) is 0 Å². The van der Waals surface area contributed by atoms with Crippen LogP contribution in [0.4, 0.5) is 4.39 Å². The summed E-state index contributed by atoms with van der Waals surface area (Å²) in [6, 6.07) is 4.99. The molecule has 2 unspecified atom stereocenters. The van der Waals surface area contributed by atoms with Crippen LogP contribution in [0, 0.1) is 11.7 Å². The molecule has 0 saturated carbocycles. The molecular formula is C14H19BrFNO. The standard InChI is InChI=1S/C14H19BrFNO/c1-2-14-11(3-4-18-14)9-17-8-10-5-12(15)7-13(16)6-10/h5-7,11,14,17H,2-4,8-9H2,1H3. The monoisotopic (exact) mass is 315 g/mol. The molecule has 1 fully saturated rings. The number of ether oxygens (including phenoxy) is 1. The van der Waals surface area contributed by atoms with Crippen LogP contribution in [-0.4, -0.2) is 19.3 Å². The van der Waals surface area contributed by atoms with Crippen molar-refractivity contribution in [2.24, 2.45) is 5.92 Å². The summed E-state index contributed by atoms with van der Waals surface area (Å²) >= 11 is 3.30. The predicted molar refractivity (Wildman–Crippen MR) is 73.9 cm³/mol. The summed E-state index contributed by atoms with van der Waals surface area (Å²) in [6.45, 7) is 4.67. The van der Waals surface area contributed by atoms with E-state index in [0.717, 1.165) is 36.0 Å². The minimum atomic E-state index is -0.197. The molecule has 2 rings (SSSR count).